The smallest absolute Gasteiger partial charge is 0.309 e. The number of anilines is 1. The average Bonchev–Trinajstić information content (AvgIpc) is 3.44. The van der Waals surface area contributed by atoms with E-state index in [9.17, 15) is 14.4 Å². The molecular weight excluding hydrogens is 496 g/mol. The van der Waals surface area contributed by atoms with Crippen molar-refractivity contribution >= 4 is 57.7 Å². The number of nitrogens with one attached hydrogen (secondary N) is 2. The van der Waals surface area contributed by atoms with Crippen LogP contribution in [-0.2, 0) is 35.5 Å². The number of ether oxygens (including phenoxy) is 1. The Bertz CT molecular complexity index is 1240. The van der Waals surface area contributed by atoms with Crippen LogP contribution in [0.5, 0.6) is 0 Å². The summed E-state index contributed by atoms with van der Waals surface area (Å²) in [5.41, 5.74) is 2.84. The number of methoxy groups -OCH3 is 1. The van der Waals surface area contributed by atoms with Crippen LogP contribution < -0.4 is 10.6 Å². The van der Waals surface area contributed by atoms with E-state index in [2.05, 4.69) is 20.5 Å². The van der Waals surface area contributed by atoms with E-state index in [0.717, 1.165) is 30.1 Å². The molecule has 0 bridgehead atoms. The van der Waals surface area contributed by atoms with E-state index in [4.69, 9.17) is 16.3 Å². The maximum absolute atomic E-state index is 13.0. The van der Waals surface area contributed by atoms with Gasteiger partial charge in [0.1, 0.15) is 0 Å². The van der Waals surface area contributed by atoms with E-state index >= 15 is 0 Å². The molecule has 0 fully saturated rings. The number of nitrogens with zero attached hydrogens (tertiary/aromatic N) is 2. The van der Waals surface area contributed by atoms with Crippen LogP contribution in [0.1, 0.15) is 41.2 Å². The van der Waals surface area contributed by atoms with Crippen molar-refractivity contribution in [2.45, 2.75) is 25.9 Å². The van der Waals surface area contributed by atoms with E-state index in [-0.39, 0.29) is 30.7 Å². The van der Waals surface area contributed by atoms with Crippen LogP contribution in [0.4, 0.5) is 5.69 Å². The van der Waals surface area contributed by atoms with Gasteiger partial charge in [-0.1, -0.05) is 23.7 Å². The molecule has 4 rings (SSSR count). The van der Waals surface area contributed by atoms with E-state index in [1.165, 1.54) is 29.8 Å². The third-order valence-electron chi connectivity index (χ3n) is 5.35. The van der Waals surface area contributed by atoms with Gasteiger partial charge >= 0.3 is 5.97 Å². The second-order valence-corrected chi connectivity index (χ2v) is 10.7. The molecule has 3 heterocycles. The molecule has 0 saturated carbocycles. The van der Waals surface area contributed by atoms with E-state index in [1.807, 2.05) is 7.05 Å². The Labute approximate surface area is 209 Å². The number of rotatable bonds is 7. The van der Waals surface area contributed by atoms with Gasteiger partial charge in [0, 0.05) is 36.6 Å². The van der Waals surface area contributed by atoms with E-state index < -0.39 is 0 Å². The van der Waals surface area contributed by atoms with Crippen molar-refractivity contribution in [3.63, 3.8) is 0 Å². The van der Waals surface area contributed by atoms with Crippen molar-refractivity contribution in [3.8, 4) is 0 Å². The van der Waals surface area contributed by atoms with Gasteiger partial charge in [-0.2, -0.15) is 0 Å². The summed E-state index contributed by atoms with van der Waals surface area (Å²) in [6.07, 6.45) is 0.881. The Kier molecular flexibility index (Phi) is 7.62. The van der Waals surface area contributed by atoms with Crippen molar-refractivity contribution in [1.82, 2.24) is 15.2 Å². The summed E-state index contributed by atoms with van der Waals surface area (Å²) < 4.78 is 5.28. The molecule has 0 radical (unpaired) electrons. The second kappa shape index (κ2) is 10.6. The van der Waals surface area contributed by atoms with Crippen molar-refractivity contribution in [3.05, 3.63) is 66.3 Å². The van der Waals surface area contributed by atoms with Gasteiger partial charge in [0.2, 0.25) is 0 Å². The zero-order valence-electron chi connectivity index (χ0n) is 18.6. The topological polar surface area (TPSA) is 101 Å². The molecule has 0 saturated heterocycles. The van der Waals surface area contributed by atoms with E-state index in [0.29, 0.717) is 31.0 Å². The largest absolute Gasteiger partial charge is 0.469 e. The number of carbonyl (C=O) groups is 3. The molecule has 0 spiro atoms. The molecule has 2 aromatic heterocycles. The molecule has 1 aliphatic heterocycles. The number of amides is 2. The molecule has 8 nitrogen and oxygen atoms in total. The minimum Gasteiger partial charge on any atom is -0.469 e. The maximum atomic E-state index is 13.0. The normalized spacial score (nSPS) is 13.3. The lowest BCUT2D eigenvalue weighted by atomic mass is 10.1. The number of benzene rings is 1. The summed E-state index contributed by atoms with van der Waals surface area (Å²) in [5, 5.41) is 6.16. The molecule has 1 aromatic carbocycles. The van der Waals surface area contributed by atoms with Crippen LogP contribution in [0.15, 0.2) is 30.3 Å². The van der Waals surface area contributed by atoms with Crippen molar-refractivity contribution in [1.29, 1.82) is 0 Å². The molecule has 0 aliphatic carbocycles. The molecule has 178 valence electrons. The minimum absolute atomic E-state index is 0.0671. The first-order valence-electron chi connectivity index (χ1n) is 10.5. The number of aromatic nitrogens is 1. The fraction of sp³-hybridized carbons (Fsp3) is 0.304. The lowest BCUT2D eigenvalue weighted by molar-refractivity contribution is -0.139. The monoisotopic (exact) mass is 518 g/mol. The van der Waals surface area contributed by atoms with Gasteiger partial charge in [-0.25, -0.2) is 4.98 Å². The van der Waals surface area contributed by atoms with Gasteiger partial charge in [0.05, 0.1) is 28.4 Å². The van der Waals surface area contributed by atoms with Crippen LogP contribution in [0.2, 0.25) is 4.34 Å². The highest BCUT2D eigenvalue weighted by molar-refractivity contribution is 7.18. The van der Waals surface area contributed by atoms with Crippen molar-refractivity contribution < 1.29 is 19.1 Å². The van der Waals surface area contributed by atoms with Crippen LogP contribution in [0.3, 0.4) is 0 Å². The zero-order valence-corrected chi connectivity index (χ0v) is 21.0. The first-order chi connectivity index (χ1) is 16.3. The number of thiophene rings is 1. The Hall–Kier alpha value is -2.79. The highest BCUT2D eigenvalue weighted by Crippen LogP contribution is 2.27. The summed E-state index contributed by atoms with van der Waals surface area (Å²) in [5.74, 6) is -0.968. The molecule has 11 heteroatoms. The maximum Gasteiger partial charge on any atom is 0.309 e. The quantitative estimate of drug-likeness (QED) is 0.462. The predicted octanol–water partition coefficient (Wildman–Crippen LogP) is 3.74. The number of hydrogen-bond donors (Lipinski definition) is 2. The summed E-state index contributed by atoms with van der Waals surface area (Å²) in [6.45, 7) is 1.87. The number of thiazole rings is 1. The lowest BCUT2D eigenvalue weighted by Gasteiger charge is -2.20. The Balaban J connectivity index is 1.54. The summed E-state index contributed by atoms with van der Waals surface area (Å²) in [4.78, 5) is 45.6. The highest BCUT2D eigenvalue weighted by Gasteiger charge is 2.22. The van der Waals surface area contributed by atoms with Crippen molar-refractivity contribution in [2.24, 2.45) is 0 Å². The molecule has 0 unspecified atom stereocenters. The second-order valence-electron chi connectivity index (χ2n) is 7.86. The fourth-order valence-electron chi connectivity index (χ4n) is 3.54. The highest BCUT2D eigenvalue weighted by atomic mass is 35.5. The van der Waals surface area contributed by atoms with Gasteiger partial charge < -0.3 is 20.3 Å². The number of carbonyl (C=O) groups excluding carboxylic acids is 3. The molecular formula is C23H23ClN4O4S2. The lowest BCUT2D eigenvalue weighted by Crippen LogP contribution is -2.25. The van der Waals surface area contributed by atoms with Crippen molar-refractivity contribution in [2.75, 3.05) is 26.0 Å². The van der Waals surface area contributed by atoms with Gasteiger partial charge in [-0.15, -0.1) is 22.7 Å². The molecule has 1 aliphatic rings. The Morgan fingerprint density at radius 3 is 2.74 bits per heavy atom. The van der Waals surface area contributed by atoms with Gasteiger partial charge in [-0.05, 0) is 36.4 Å². The number of hydrogen-bond acceptors (Lipinski definition) is 8. The Morgan fingerprint density at radius 1 is 1.18 bits per heavy atom. The molecule has 3 aromatic rings. The first kappa shape index (κ1) is 24.3. The summed E-state index contributed by atoms with van der Waals surface area (Å²) in [7, 11) is 3.37. The number of halogens is 1. The van der Waals surface area contributed by atoms with Crippen LogP contribution in [-0.4, -0.2) is 48.4 Å². The SMILES string of the molecule is COC(=O)Cc1ccc(CNC(=O)c2ccc(Cl)s2)c(NC(=O)c2nc3c(s2)CN(C)CC3)c1. The number of fused-ring (bicyclic) bond motifs is 1. The van der Waals surface area contributed by atoms with Gasteiger partial charge in [0.15, 0.2) is 5.01 Å². The van der Waals surface area contributed by atoms with Crippen LogP contribution in [0.25, 0.3) is 0 Å². The first-order valence-corrected chi connectivity index (χ1v) is 12.5. The van der Waals surface area contributed by atoms with Gasteiger partial charge in [0.25, 0.3) is 11.8 Å². The molecule has 0 atom stereocenters. The molecule has 2 N–H and O–H groups in total. The van der Waals surface area contributed by atoms with Crippen LogP contribution >= 0.6 is 34.3 Å². The number of esters is 1. The van der Waals surface area contributed by atoms with E-state index in [1.54, 1.807) is 30.3 Å². The summed E-state index contributed by atoms with van der Waals surface area (Å²) in [6, 6.07) is 8.59. The standard InChI is InChI=1S/C23H23ClN4O4S2/c1-28-8-7-15-18(12-28)34-23(27-15)22(31)26-16-9-13(10-20(29)32-2)3-4-14(16)11-25-21(30)17-5-6-19(24)33-17/h3-6,9H,7-8,10-12H2,1-2H3,(H,25,30)(H,26,31). The predicted molar refractivity (Wildman–Crippen MR) is 133 cm³/mol. The molecule has 2 amide bonds. The number of likely N-dealkylation sites (N-methyl/N-ethyl adjacent to an activating group) is 1. The average molecular weight is 519 g/mol. The van der Waals surface area contributed by atoms with Gasteiger partial charge in [-0.3, -0.25) is 14.4 Å². The summed E-state index contributed by atoms with van der Waals surface area (Å²) >= 11 is 8.50. The zero-order chi connectivity index (χ0) is 24.2. The third kappa shape index (κ3) is 5.82. The fourth-order valence-corrected chi connectivity index (χ4v) is 5.58. The minimum atomic E-state index is -0.385. The molecule has 34 heavy (non-hydrogen) atoms. The Morgan fingerprint density at radius 2 is 2.00 bits per heavy atom. The van der Waals surface area contributed by atoms with Crippen LogP contribution in [0, 0.1) is 0 Å². The third-order valence-corrected chi connectivity index (χ3v) is 7.66.